The number of piperidine rings is 1. The number of benzene rings is 1. The molecule has 0 unspecified atom stereocenters. The van der Waals surface area contributed by atoms with E-state index in [-0.39, 0.29) is 37.5 Å². The molecule has 1 aromatic heterocycles. The van der Waals surface area contributed by atoms with E-state index in [9.17, 15) is 13.6 Å². The number of hydrogen-bond donors (Lipinski definition) is 0. The van der Waals surface area contributed by atoms with Crippen molar-refractivity contribution in [1.29, 1.82) is 0 Å². The van der Waals surface area contributed by atoms with Crippen LogP contribution >= 0.6 is 0 Å². The van der Waals surface area contributed by atoms with Crippen molar-refractivity contribution >= 4 is 5.91 Å². The van der Waals surface area contributed by atoms with E-state index in [1.54, 1.807) is 0 Å². The summed E-state index contributed by atoms with van der Waals surface area (Å²) < 4.78 is 26.2. The molecule has 0 atom stereocenters. The molecule has 21 heavy (non-hydrogen) atoms. The van der Waals surface area contributed by atoms with Crippen molar-refractivity contribution in [1.82, 2.24) is 19.9 Å². The van der Waals surface area contributed by atoms with Crippen molar-refractivity contribution in [2.75, 3.05) is 13.1 Å². The van der Waals surface area contributed by atoms with E-state index in [1.165, 1.54) is 15.9 Å². The molecule has 1 aliphatic heterocycles. The molecular formula is C14H14F2N4O. The SMILES string of the molecule is O=C(c1cnn(-c2ccccc2)n1)N1CCC(F)(F)CC1. The Kier molecular flexibility index (Phi) is 3.40. The maximum Gasteiger partial charge on any atom is 0.276 e. The molecule has 5 nitrogen and oxygen atoms in total. The number of aromatic nitrogens is 3. The summed E-state index contributed by atoms with van der Waals surface area (Å²) in [6.45, 7) is 0.0913. The standard InChI is InChI=1S/C14H14F2N4O/c15-14(16)6-8-19(9-7-14)13(21)12-10-17-20(18-12)11-4-2-1-3-5-11/h1-5,10H,6-9H2. The molecule has 7 heteroatoms. The topological polar surface area (TPSA) is 51.0 Å². The van der Waals surface area contributed by atoms with Gasteiger partial charge in [0.2, 0.25) is 0 Å². The fourth-order valence-electron chi connectivity index (χ4n) is 2.25. The molecular weight excluding hydrogens is 278 g/mol. The fraction of sp³-hybridized carbons (Fsp3) is 0.357. The lowest BCUT2D eigenvalue weighted by atomic mass is 10.1. The minimum Gasteiger partial charge on any atom is -0.337 e. The van der Waals surface area contributed by atoms with Gasteiger partial charge in [-0.3, -0.25) is 4.79 Å². The molecule has 0 bridgehead atoms. The molecule has 1 amide bonds. The second-order valence-corrected chi connectivity index (χ2v) is 5.00. The second kappa shape index (κ2) is 5.23. The van der Waals surface area contributed by atoms with E-state index >= 15 is 0 Å². The van der Waals surface area contributed by atoms with Crippen LogP contribution in [0.5, 0.6) is 0 Å². The van der Waals surface area contributed by atoms with Crippen LogP contribution in [0.3, 0.4) is 0 Å². The lowest BCUT2D eigenvalue weighted by Gasteiger charge is -2.31. The van der Waals surface area contributed by atoms with Gasteiger partial charge in [0.05, 0.1) is 11.9 Å². The summed E-state index contributed by atoms with van der Waals surface area (Å²) in [6.07, 6.45) is 0.763. The summed E-state index contributed by atoms with van der Waals surface area (Å²) in [5, 5.41) is 8.16. The second-order valence-electron chi connectivity index (χ2n) is 5.00. The third-order valence-corrected chi connectivity index (χ3v) is 3.48. The summed E-state index contributed by atoms with van der Waals surface area (Å²) in [5.74, 6) is -3.02. The molecule has 0 saturated carbocycles. The monoisotopic (exact) mass is 292 g/mol. The molecule has 0 aliphatic carbocycles. The molecule has 1 aliphatic rings. The van der Waals surface area contributed by atoms with E-state index in [0.29, 0.717) is 0 Å². The zero-order valence-electron chi connectivity index (χ0n) is 11.2. The Labute approximate surface area is 120 Å². The lowest BCUT2D eigenvalue weighted by Crippen LogP contribution is -2.42. The van der Waals surface area contributed by atoms with Gasteiger partial charge in [0, 0.05) is 25.9 Å². The van der Waals surface area contributed by atoms with Crippen molar-refractivity contribution in [3.63, 3.8) is 0 Å². The number of hydrogen-bond acceptors (Lipinski definition) is 3. The van der Waals surface area contributed by atoms with Crippen LogP contribution in [-0.4, -0.2) is 44.8 Å². The summed E-state index contributed by atoms with van der Waals surface area (Å²) in [7, 11) is 0. The lowest BCUT2D eigenvalue weighted by molar-refractivity contribution is -0.0495. The maximum atomic E-state index is 13.1. The highest BCUT2D eigenvalue weighted by Crippen LogP contribution is 2.28. The van der Waals surface area contributed by atoms with Gasteiger partial charge in [0.15, 0.2) is 5.69 Å². The van der Waals surface area contributed by atoms with E-state index in [2.05, 4.69) is 10.2 Å². The van der Waals surface area contributed by atoms with E-state index in [0.717, 1.165) is 5.69 Å². The Morgan fingerprint density at radius 3 is 2.48 bits per heavy atom. The quantitative estimate of drug-likeness (QED) is 0.852. The van der Waals surface area contributed by atoms with Crippen LogP contribution in [0.4, 0.5) is 8.78 Å². The van der Waals surface area contributed by atoms with Crippen molar-refractivity contribution < 1.29 is 13.6 Å². The Hall–Kier alpha value is -2.31. The predicted octanol–water partition coefficient (Wildman–Crippen LogP) is 2.14. The first-order valence-electron chi connectivity index (χ1n) is 6.70. The predicted molar refractivity (Wildman–Crippen MR) is 71.4 cm³/mol. The van der Waals surface area contributed by atoms with Gasteiger partial charge in [0.1, 0.15) is 0 Å². The van der Waals surface area contributed by atoms with Gasteiger partial charge >= 0.3 is 0 Å². The highest BCUT2D eigenvalue weighted by atomic mass is 19.3. The van der Waals surface area contributed by atoms with Gasteiger partial charge in [-0.05, 0) is 12.1 Å². The number of nitrogens with zero attached hydrogens (tertiary/aromatic N) is 4. The van der Waals surface area contributed by atoms with Crippen molar-refractivity contribution in [2.45, 2.75) is 18.8 Å². The van der Waals surface area contributed by atoms with Crippen LogP contribution in [0, 0.1) is 0 Å². The van der Waals surface area contributed by atoms with Gasteiger partial charge < -0.3 is 4.90 Å². The Morgan fingerprint density at radius 1 is 1.14 bits per heavy atom. The van der Waals surface area contributed by atoms with Crippen molar-refractivity contribution in [3.8, 4) is 5.69 Å². The molecule has 2 heterocycles. The summed E-state index contributed by atoms with van der Waals surface area (Å²) in [6, 6.07) is 9.18. The van der Waals surface area contributed by atoms with Crippen LogP contribution in [0.25, 0.3) is 5.69 Å². The average Bonchev–Trinajstić information content (AvgIpc) is 2.97. The molecule has 0 radical (unpaired) electrons. The van der Waals surface area contributed by atoms with Crippen LogP contribution in [0.2, 0.25) is 0 Å². The van der Waals surface area contributed by atoms with Gasteiger partial charge in [-0.1, -0.05) is 18.2 Å². The molecule has 0 N–H and O–H groups in total. The van der Waals surface area contributed by atoms with E-state index < -0.39 is 5.92 Å². The third-order valence-electron chi connectivity index (χ3n) is 3.48. The zero-order chi connectivity index (χ0) is 14.9. The van der Waals surface area contributed by atoms with Crippen LogP contribution in [0.15, 0.2) is 36.5 Å². The largest absolute Gasteiger partial charge is 0.337 e. The third kappa shape index (κ3) is 2.91. The Balaban J connectivity index is 1.73. The minimum atomic E-state index is -2.67. The number of amides is 1. The van der Waals surface area contributed by atoms with Gasteiger partial charge in [-0.2, -0.15) is 9.90 Å². The average molecular weight is 292 g/mol. The van der Waals surface area contributed by atoms with Crippen molar-refractivity contribution in [2.24, 2.45) is 0 Å². The van der Waals surface area contributed by atoms with E-state index in [1.807, 2.05) is 30.3 Å². The Morgan fingerprint density at radius 2 is 1.81 bits per heavy atom. The summed E-state index contributed by atoms with van der Waals surface area (Å²) >= 11 is 0. The highest BCUT2D eigenvalue weighted by molar-refractivity contribution is 5.92. The zero-order valence-corrected chi connectivity index (χ0v) is 11.2. The fourth-order valence-corrected chi connectivity index (χ4v) is 2.25. The van der Waals surface area contributed by atoms with Gasteiger partial charge in [-0.25, -0.2) is 8.78 Å². The smallest absolute Gasteiger partial charge is 0.276 e. The van der Waals surface area contributed by atoms with Crippen LogP contribution in [0.1, 0.15) is 23.3 Å². The molecule has 2 aromatic rings. The van der Waals surface area contributed by atoms with E-state index in [4.69, 9.17) is 0 Å². The van der Waals surface area contributed by atoms with Crippen LogP contribution < -0.4 is 0 Å². The number of rotatable bonds is 2. The number of likely N-dealkylation sites (tertiary alicyclic amines) is 1. The molecule has 3 rings (SSSR count). The van der Waals surface area contributed by atoms with Crippen molar-refractivity contribution in [3.05, 3.63) is 42.2 Å². The number of halogens is 2. The normalized spacial score (nSPS) is 17.7. The first kappa shape index (κ1) is 13.7. The first-order valence-corrected chi connectivity index (χ1v) is 6.70. The molecule has 1 saturated heterocycles. The molecule has 1 aromatic carbocycles. The summed E-state index contributed by atoms with van der Waals surface area (Å²) in [4.78, 5) is 15.0. The number of carbonyl (C=O) groups excluding carboxylic acids is 1. The molecule has 1 fully saturated rings. The van der Waals surface area contributed by atoms with Gasteiger partial charge in [-0.15, -0.1) is 5.10 Å². The number of alkyl halides is 2. The first-order chi connectivity index (χ1) is 10.1. The molecule has 0 spiro atoms. The van der Waals surface area contributed by atoms with Crippen LogP contribution in [-0.2, 0) is 0 Å². The number of carbonyl (C=O) groups is 1. The number of para-hydroxylation sites is 1. The highest BCUT2D eigenvalue weighted by Gasteiger charge is 2.36. The Bertz CT molecular complexity index is 631. The summed E-state index contributed by atoms with van der Waals surface area (Å²) in [5.41, 5.74) is 0.908. The van der Waals surface area contributed by atoms with Gasteiger partial charge in [0.25, 0.3) is 11.8 Å². The molecule has 110 valence electrons. The minimum absolute atomic E-state index is 0.0457. The maximum absolute atomic E-state index is 13.1.